The molecule has 1 rings (SSSR count). The Morgan fingerprint density at radius 3 is 2.38 bits per heavy atom. The first-order valence-electron chi connectivity index (χ1n) is 5.07. The Morgan fingerprint density at radius 2 is 1.92 bits per heavy atom. The molecule has 13 heavy (non-hydrogen) atoms. The van der Waals surface area contributed by atoms with Crippen LogP contribution in [0.3, 0.4) is 0 Å². The first kappa shape index (κ1) is 10.2. The summed E-state index contributed by atoms with van der Waals surface area (Å²) in [5, 5.41) is 0. The van der Waals surface area contributed by atoms with E-state index in [1.807, 2.05) is 6.20 Å². The lowest BCUT2D eigenvalue weighted by Gasteiger charge is -2.36. The number of nitrogens with zero attached hydrogens (tertiary/aromatic N) is 2. The summed E-state index contributed by atoms with van der Waals surface area (Å²) in [6.45, 7) is 14.5. The second kappa shape index (κ2) is 4.95. The van der Waals surface area contributed by atoms with Gasteiger partial charge < -0.3 is 9.80 Å². The van der Waals surface area contributed by atoms with Gasteiger partial charge in [0.25, 0.3) is 0 Å². The Hall–Kier alpha value is -0.920. The number of rotatable bonds is 4. The van der Waals surface area contributed by atoms with Crippen LogP contribution in [-0.4, -0.2) is 36.0 Å². The predicted molar refractivity (Wildman–Crippen MR) is 57.4 cm³/mol. The van der Waals surface area contributed by atoms with Crippen LogP contribution in [0.1, 0.15) is 19.8 Å². The van der Waals surface area contributed by atoms with Crippen molar-refractivity contribution in [2.24, 2.45) is 0 Å². The third-order valence-corrected chi connectivity index (χ3v) is 2.56. The lowest BCUT2D eigenvalue weighted by molar-refractivity contribution is 0.201. The molecule has 0 saturated carbocycles. The molecule has 1 heterocycles. The Morgan fingerprint density at radius 1 is 1.31 bits per heavy atom. The van der Waals surface area contributed by atoms with Crippen LogP contribution >= 0.6 is 0 Å². The smallest absolute Gasteiger partial charge is 0.0351 e. The van der Waals surface area contributed by atoms with Crippen molar-refractivity contribution in [1.82, 2.24) is 9.80 Å². The van der Waals surface area contributed by atoms with Gasteiger partial charge in [-0.1, -0.05) is 26.5 Å². The molecule has 0 bridgehead atoms. The lowest BCUT2D eigenvalue weighted by atomic mass is 10.2. The van der Waals surface area contributed by atoms with Crippen LogP contribution in [0.25, 0.3) is 0 Å². The summed E-state index contributed by atoms with van der Waals surface area (Å²) in [6, 6.07) is 0. The fourth-order valence-electron chi connectivity index (χ4n) is 1.67. The molecule has 0 atom stereocenters. The zero-order valence-corrected chi connectivity index (χ0v) is 8.63. The van der Waals surface area contributed by atoms with Crippen molar-refractivity contribution in [3.05, 3.63) is 25.1 Å². The van der Waals surface area contributed by atoms with Crippen molar-refractivity contribution >= 4 is 0 Å². The van der Waals surface area contributed by atoms with Crippen molar-refractivity contribution in [2.75, 3.05) is 26.2 Å². The van der Waals surface area contributed by atoms with Crippen molar-refractivity contribution in [3.8, 4) is 0 Å². The first-order valence-corrected chi connectivity index (χ1v) is 5.07. The van der Waals surface area contributed by atoms with Crippen LogP contribution in [0.5, 0.6) is 0 Å². The van der Waals surface area contributed by atoms with E-state index >= 15 is 0 Å². The fraction of sp³-hybridized carbons (Fsp3) is 0.636. The van der Waals surface area contributed by atoms with Crippen molar-refractivity contribution in [1.29, 1.82) is 0 Å². The maximum absolute atomic E-state index is 4.10. The normalized spacial score (nSPS) is 17.3. The van der Waals surface area contributed by atoms with Gasteiger partial charge in [0.2, 0.25) is 0 Å². The van der Waals surface area contributed by atoms with Gasteiger partial charge in [0.05, 0.1) is 0 Å². The summed E-state index contributed by atoms with van der Waals surface area (Å²) < 4.78 is 0. The number of hydrogen-bond acceptors (Lipinski definition) is 2. The summed E-state index contributed by atoms with van der Waals surface area (Å²) in [4.78, 5) is 4.65. The van der Waals surface area contributed by atoms with Gasteiger partial charge in [0, 0.05) is 31.9 Å². The van der Waals surface area contributed by atoms with E-state index in [9.17, 15) is 0 Å². The van der Waals surface area contributed by atoms with Crippen LogP contribution in [0.2, 0.25) is 0 Å². The van der Waals surface area contributed by atoms with E-state index in [0.29, 0.717) is 0 Å². The average Bonchev–Trinajstić information content (AvgIpc) is 2.18. The van der Waals surface area contributed by atoms with E-state index in [1.54, 1.807) is 0 Å². The van der Waals surface area contributed by atoms with Gasteiger partial charge in [-0.3, -0.25) is 0 Å². The number of hydrogen-bond donors (Lipinski definition) is 0. The van der Waals surface area contributed by atoms with Gasteiger partial charge in [-0.05, 0) is 12.6 Å². The number of piperazine rings is 1. The molecule has 0 N–H and O–H groups in total. The van der Waals surface area contributed by atoms with Gasteiger partial charge >= 0.3 is 0 Å². The first-order chi connectivity index (χ1) is 6.27. The molecular formula is C11H20N2. The maximum Gasteiger partial charge on any atom is 0.0351 e. The largest absolute Gasteiger partial charge is 0.374 e. The molecule has 1 fully saturated rings. The summed E-state index contributed by atoms with van der Waals surface area (Å²) in [5.74, 6) is 0. The molecule has 1 saturated heterocycles. The lowest BCUT2D eigenvalue weighted by Crippen LogP contribution is -2.43. The zero-order valence-electron chi connectivity index (χ0n) is 8.63. The third kappa shape index (κ3) is 2.79. The molecule has 0 aromatic rings. The summed E-state index contributed by atoms with van der Waals surface area (Å²) >= 11 is 0. The topological polar surface area (TPSA) is 6.48 Å². The summed E-state index contributed by atoms with van der Waals surface area (Å²) in [5.41, 5.74) is 1.30. The van der Waals surface area contributed by atoms with Crippen molar-refractivity contribution in [2.45, 2.75) is 19.8 Å². The molecule has 74 valence electrons. The summed E-state index contributed by atoms with van der Waals surface area (Å²) in [6.07, 6.45) is 4.26. The van der Waals surface area contributed by atoms with Crippen LogP contribution in [0.4, 0.5) is 0 Å². The van der Waals surface area contributed by atoms with E-state index < -0.39 is 0 Å². The van der Waals surface area contributed by atoms with E-state index in [4.69, 9.17) is 0 Å². The fourth-order valence-corrected chi connectivity index (χ4v) is 1.67. The minimum Gasteiger partial charge on any atom is -0.374 e. The maximum atomic E-state index is 4.10. The highest BCUT2D eigenvalue weighted by Crippen LogP contribution is 2.12. The molecular weight excluding hydrogens is 160 g/mol. The minimum absolute atomic E-state index is 1.09. The molecule has 0 spiro atoms. The van der Waals surface area contributed by atoms with Gasteiger partial charge in [0.1, 0.15) is 0 Å². The summed E-state index contributed by atoms with van der Waals surface area (Å²) in [7, 11) is 0. The molecule has 2 heteroatoms. The second-order valence-electron chi connectivity index (χ2n) is 3.52. The van der Waals surface area contributed by atoms with E-state index in [0.717, 1.165) is 32.6 Å². The van der Waals surface area contributed by atoms with Gasteiger partial charge in [-0.15, -0.1) is 0 Å². The molecule has 0 radical (unpaired) electrons. The van der Waals surface area contributed by atoms with Gasteiger partial charge in [-0.25, -0.2) is 0 Å². The third-order valence-electron chi connectivity index (χ3n) is 2.56. The van der Waals surface area contributed by atoms with E-state index in [1.165, 1.54) is 12.1 Å². The highest BCUT2D eigenvalue weighted by atomic mass is 15.3. The van der Waals surface area contributed by atoms with Crippen LogP contribution in [0, 0.1) is 0 Å². The molecule has 0 amide bonds. The molecule has 0 aliphatic carbocycles. The van der Waals surface area contributed by atoms with E-state index in [2.05, 4.69) is 29.9 Å². The van der Waals surface area contributed by atoms with Crippen LogP contribution < -0.4 is 0 Å². The number of allylic oxidation sites excluding steroid dienone is 1. The van der Waals surface area contributed by atoms with Gasteiger partial charge in [0.15, 0.2) is 0 Å². The molecule has 1 aliphatic heterocycles. The predicted octanol–water partition coefficient (Wildman–Crippen LogP) is 2.06. The Labute approximate surface area is 81.5 Å². The standard InChI is InChI=1S/C11H20N2/c1-4-6-11(3)13-9-7-12(5-2)8-10-13/h5H,2-4,6-10H2,1H3. The highest BCUT2D eigenvalue weighted by Gasteiger charge is 2.14. The van der Waals surface area contributed by atoms with Gasteiger partial charge in [-0.2, -0.15) is 0 Å². The molecule has 0 aromatic carbocycles. The quantitative estimate of drug-likeness (QED) is 0.653. The van der Waals surface area contributed by atoms with Crippen LogP contribution in [-0.2, 0) is 0 Å². The Kier molecular flexibility index (Phi) is 3.87. The minimum atomic E-state index is 1.09. The molecule has 0 aromatic heterocycles. The van der Waals surface area contributed by atoms with Crippen molar-refractivity contribution < 1.29 is 0 Å². The Balaban J connectivity index is 2.31. The monoisotopic (exact) mass is 180 g/mol. The van der Waals surface area contributed by atoms with Crippen LogP contribution in [0.15, 0.2) is 25.1 Å². The SMILES string of the molecule is C=CN1CCN(C(=C)CCC)CC1. The van der Waals surface area contributed by atoms with Crippen molar-refractivity contribution in [3.63, 3.8) is 0 Å². The Bertz CT molecular complexity index is 179. The second-order valence-corrected chi connectivity index (χ2v) is 3.52. The average molecular weight is 180 g/mol. The van der Waals surface area contributed by atoms with E-state index in [-0.39, 0.29) is 0 Å². The molecule has 2 nitrogen and oxygen atoms in total. The molecule has 0 unspecified atom stereocenters. The highest BCUT2D eigenvalue weighted by molar-refractivity contribution is 4.96. The zero-order chi connectivity index (χ0) is 9.68. The molecule has 1 aliphatic rings.